The molecule has 0 spiro atoms. The smallest absolute Gasteiger partial charge is 0.274 e. The number of amides is 1. The third kappa shape index (κ3) is 2.80. The number of benzene rings is 1. The van der Waals surface area contributed by atoms with Crippen LogP contribution in [0.4, 0.5) is 0 Å². The zero-order valence-corrected chi connectivity index (χ0v) is 9.37. The maximum absolute atomic E-state index is 11.4. The Balaban J connectivity index is 3.14. The van der Waals surface area contributed by atoms with Gasteiger partial charge in [-0.3, -0.25) is 10.0 Å². The van der Waals surface area contributed by atoms with Gasteiger partial charge in [0.1, 0.15) is 0 Å². The van der Waals surface area contributed by atoms with Gasteiger partial charge in [-0.1, -0.05) is 26.0 Å². The fraction of sp³-hybridized carbons (Fsp3) is 0.417. The van der Waals surface area contributed by atoms with Crippen LogP contribution in [0.3, 0.4) is 0 Å². The lowest BCUT2D eigenvalue weighted by Gasteiger charge is -2.13. The molecule has 0 heterocycles. The van der Waals surface area contributed by atoms with Crippen molar-refractivity contribution in [2.24, 2.45) is 5.92 Å². The highest BCUT2D eigenvalue weighted by Gasteiger charge is 2.13. The summed E-state index contributed by atoms with van der Waals surface area (Å²) in [6.07, 6.45) is 0.843. The molecule has 3 nitrogen and oxygen atoms in total. The van der Waals surface area contributed by atoms with Crippen molar-refractivity contribution in [3.8, 4) is 0 Å². The molecule has 15 heavy (non-hydrogen) atoms. The van der Waals surface area contributed by atoms with Gasteiger partial charge in [-0.2, -0.15) is 0 Å². The number of aryl methyl sites for hydroxylation is 1. The minimum Gasteiger partial charge on any atom is -0.288 e. The Kier molecular flexibility index (Phi) is 3.86. The van der Waals surface area contributed by atoms with Crippen molar-refractivity contribution < 1.29 is 10.0 Å². The maximum Gasteiger partial charge on any atom is 0.274 e. The lowest BCUT2D eigenvalue weighted by Crippen LogP contribution is -2.21. The van der Waals surface area contributed by atoms with E-state index in [1.54, 1.807) is 11.5 Å². The number of hydrogen-bond acceptors (Lipinski definition) is 2. The second-order valence-corrected chi connectivity index (χ2v) is 4.14. The SMILES string of the molecule is Cc1cccc(C(=O)NO)c1CC(C)C. The highest BCUT2D eigenvalue weighted by Crippen LogP contribution is 2.18. The molecular formula is C12H17NO2. The Bertz CT molecular complexity index is 359. The summed E-state index contributed by atoms with van der Waals surface area (Å²) in [4.78, 5) is 11.4. The van der Waals surface area contributed by atoms with Crippen LogP contribution in [0.1, 0.15) is 35.3 Å². The standard InChI is InChI=1S/C12H17NO2/c1-8(2)7-11-9(3)5-4-6-10(11)12(14)13-15/h4-6,8,15H,7H2,1-3H3,(H,13,14). The minimum absolute atomic E-state index is 0.436. The quantitative estimate of drug-likeness (QED) is 0.590. The summed E-state index contributed by atoms with van der Waals surface area (Å²) in [6, 6.07) is 5.53. The number of hydrogen-bond donors (Lipinski definition) is 2. The van der Waals surface area contributed by atoms with Crippen molar-refractivity contribution >= 4 is 5.91 Å². The number of carbonyl (C=O) groups excluding carboxylic acids is 1. The van der Waals surface area contributed by atoms with Crippen LogP contribution >= 0.6 is 0 Å². The molecule has 2 N–H and O–H groups in total. The molecule has 1 aromatic carbocycles. The predicted octanol–water partition coefficient (Wildman–Crippen LogP) is 2.31. The van der Waals surface area contributed by atoms with E-state index in [2.05, 4.69) is 13.8 Å². The van der Waals surface area contributed by atoms with Gasteiger partial charge in [0.25, 0.3) is 5.91 Å². The van der Waals surface area contributed by atoms with Gasteiger partial charge in [-0.25, -0.2) is 5.48 Å². The first kappa shape index (κ1) is 11.7. The highest BCUT2D eigenvalue weighted by atomic mass is 16.5. The second kappa shape index (κ2) is 4.94. The summed E-state index contributed by atoms with van der Waals surface area (Å²) < 4.78 is 0. The third-order valence-corrected chi connectivity index (χ3v) is 2.37. The third-order valence-electron chi connectivity index (χ3n) is 2.37. The van der Waals surface area contributed by atoms with Crippen molar-refractivity contribution in [1.29, 1.82) is 0 Å². The van der Waals surface area contributed by atoms with Gasteiger partial charge in [0.05, 0.1) is 0 Å². The molecule has 0 unspecified atom stereocenters. The highest BCUT2D eigenvalue weighted by molar-refractivity contribution is 5.95. The predicted molar refractivity (Wildman–Crippen MR) is 59.0 cm³/mol. The molecule has 3 heteroatoms. The summed E-state index contributed by atoms with van der Waals surface area (Å²) in [6.45, 7) is 6.19. The first-order chi connectivity index (χ1) is 7.06. The molecule has 0 saturated carbocycles. The van der Waals surface area contributed by atoms with Gasteiger partial charge in [-0.15, -0.1) is 0 Å². The molecule has 0 bridgehead atoms. The number of nitrogens with one attached hydrogen (secondary N) is 1. The van der Waals surface area contributed by atoms with E-state index in [0.29, 0.717) is 11.5 Å². The van der Waals surface area contributed by atoms with E-state index in [9.17, 15) is 4.79 Å². The normalized spacial score (nSPS) is 10.5. The van der Waals surface area contributed by atoms with Gasteiger partial charge in [0.15, 0.2) is 0 Å². The molecule has 1 amide bonds. The summed E-state index contributed by atoms with van der Waals surface area (Å²) in [5.74, 6) is 0.0469. The van der Waals surface area contributed by atoms with Gasteiger partial charge < -0.3 is 0 Å². The fourth-order valence-corrected chi connectivity index (χ4v) is 1.65. The van der Waals surface area contributed by atoms with Crippen molar-refractivity contribution in [3.63, 3.8) is 0 Å². The monoisotopic (exact) mass is 207 g/mol. The Morgan fingerprint density at radius 1 is 1.47 bits per heavy atom. The molecule has 0 aliphatic rings. The van der Waals surface area contributed by atoms with E-state index < -0.39 is 5.91 Å². The molecule has 0 aromatic heterocycles. The van der Waals surface area contributed by atoms with Crippen LogP contribution in [0.2, 0.25) is 0 Å². The van der Waals surface area contributed by atoms with E-state index in [1.165, 1.54) is 0 Å². The number of carbonyl (C=O) groups is 1. The van der Waals surface area contributed by atoms with E-state index >= 15 is 0 Å². The van der Waals surface area contributed by atoms with E-state index in [4.69, 9.17) is 5.21 Å². The van der Waals surface area contributed by atoms with Gasteiger partial charge in [0.2, 0.25) is 0 Å². The number of rotatable bonds is 3. The maximum atomic E-state index is 11.4. The van der Waals surface area contributed by atoms with Crippen molar-refractivity contribution in [3.05, 3.63) is 34.9 Å². The zero-order chi connectivity index (χ0) is 11.4. The van der Waals surface area contributed by atoms with Crippen LogP contribution in [0.5, 0.6) is 0 Å². The van der Waals surface area contributed by atoms with E-state index in [-0.39, 0.29) is 0 Å². The Hall–Kier alpha value is -1.35. The van der Waals surface area contributed by atoms with Crippen LogP contribution in [-0.4, -0.2) is 11.1 Å². The van der Waals surface area contributed by atoms with Crippen molar-refractivity contribution in [1.82, 2.24) is 5.48 Å². The largest absolute Gasteiger partial charge is 0.288 e. The van der Waals surface area contributed by atoms with E-state index in [1.807, 2.05) is 19.1 Å². The molecule has 0 saturated heterocycles. The lowest BCUT2D eigenvalue weighted by atomic mass is 9.93. The van der Waals surface area contributed by atoms with Crippen LogP contribution in [-0.2, 0) is 6.42 Å². The molecule has 0 fully saturated rings. The lowest BCUT2D eigenvalue weighted by molar-refractivity contribution is 0.0705. The summed E-state index contributed by atoms with van der Waals surface area (Å²) in [7, 11) is 0. The first-order valence-electron chi connectivity index (χ1n) is 5.09. The van der Waals surface area contributed by atoms with Gasteiger partial charge >= 0.3 is 0 Å². The topological polar surface area (TPSA) is 49.3 Å². The summed E-state index contributed by atoms with van der Waals surface area (Å²) in [5.41, 5.74) is 4.35. The zero-order valence-electron chi connectivity index (χ0n) is 9.37. The second-order valence-electron chi connectivity index (χ2n) is 4.14. The Labute approximate surface area is 90.1 Å². The van der Waals surface area contributed by atoms with Crippen LogP contribution < -0.4 is 5.48 Å². The molecule has 0 aliphatic heterocycles. The minimum atomic E-state index is -0.436. The van der Waals surface area contributed by atoms with Gasteiger partial charge in [-0.05, 0) is 36.5 Å². The van der Waals surface area contributed by atoms with Gasteiger partial charge in [0, 0.05) is 5.56 Å². The van der Waals surface area contributed by atoms with Crippen LogP contribution in [0.15, 0.2) is 18.2 Å². The average Bonchev–Trinajstić information content (AvgIpc) is 2.19. The molecule has 0 radical (unpaired) electrons. The summed E-state index contributed by atoms with van der Waals surface area (Å²) >= 11 is 0. The molecule has 0 aliphatic carbocycles. The Morgan fingerprint density at radius 3 is 2.67 bits per heavy atom. The molecule has 82 valence electrons. The average molecular weight is 207 g/mol. The van der Waals surface area contributed by atoms with Crippen molar-refractivity contribution in [2.45, 2.75) is 27.2 Å². The molecule has 1 rings (SSSR count). The fourth-order valence-electron chi connectivity index (χ4n) is 1.65. The Morgan fingerprint density at radius 2 is 2.13 bits per heavy atom. The van der Waals surface area contributed by atoms with Crippen LogP contribution in [0, 0.1) is 12.8 Å². The molecule has 0 atom stereocenters. The molecule has 1 aromatic rings. The number of hydroxylamine groups is 1. The van der Waals surface area contributed by atoms with Crippen LogP contribution in [0.25, 0.3) is 0 Å². The van der Waals surface area contributed by atoms with Crippen molar-refractivity contribution in [2.75, 3.05) is 0 Å². The molecular weight excluding hydrogens is 190 g/mol. The summed E-state index contributed by atoms with van der Waals surface area (Å²) in [5, 5.41) is 8.64. The first-order valence-corrected chi connectivity index (χ1v) is 5.09. The van der Waals surface area contributed by atoms with E-state index in [0.717, 1.165) is 17.5 Å².